The van der Waals surface area contributed by atoms with Crippen LogP contribution in [0.1, 0.15) is 6.42 Å². The van der Waals surface area contributed by atoms with Gasteiger partial charge in [-0.2, -0.15) is 0 Å². The molecular formula is C21H27N5O4. The number of carbonyl (C=O) groups is 1. The molecule has 3 rings (SSSR count). The average molecular weight is 413 g/mol. The van der Waals surface area contributed by atoms with E-state index in [1.807, 2.05) is 12.1 Å². The Morgan fingerprint density at radius 3 is 2.33 bits per heavy atom. The summed E-state index contributed by atoms with van der Waals surface area (Å²) in [4.78, 5) is 26.9. The van der Waals surface area contributed by atoms with Gasteiger partial charge in [0, 0.05) is 56.2 Å². The van der Waals surface area contributed by atoms with E-state index in [0.717, 1.165) is 44.9 Å². The lowest BCUT2D eigenvalue weighted by Gasteiger charge is -2.36. The Labute approximate surface area is 175 Å². The van der Waals surface area contributed by atoms with E-state index >= 15 is 0 Å². The first-order valence-corrected chi connectivity index (χ1v) is 9.96. The van der Waals surface area contributed by atoms with E-state index in [4.69, 9.17) is 4.74 Å². The quantitative estimate of drug-likeness (QED) is 0.392. The smallest absolute Gasteiger partial charge is 0.319 e. The van der Waals surface area contributed by atoms with Crippen LogP contribution >= 0.6 is 0 Å². The number of nitrogens with zero attached hydrogens (tertiary/aromatic N) is 3. The molecule has 30 heavy (non-hydrogen) atoms. The van der Waals surface area contributed by atoms with E-state index in [1.54, 1.807) is 7.11 Å². The minimum absolute atomic E-state index is 0.00644. The zero-order valence-corrected chi connectivity index (χ0v) is 17.0. The highest BCUT2D eigenvalue weighted by atomic mass is 16.6. The molecule has 2 aromatic rings. The third-order valence-corrected chi connectivity index (χ3v) is 5.08. The Kier molecular flexibility index (Phi) is 7.45. The van der Waals surface area contributed by atoms with Gasteiger partial charge in [0.05, 0.1) is 12.0 Å². The van der Waals surface area contributed by atoms with Crippen LogP contribution in [0.4, 0.5) is 21.9 Å². The summed E-state index contributed by atoms with van der Waals surface area (Å²) in [5.74, 6) is 0.863. The second kappa shape index (κ2) is 10.4. The summed E-state index contributed by atoms with van der Waals surface area (Å²) in [6.45, 7) is 5.41. The van der Waals surface area contributed by atoms with Gasteiger partial charge >= 0.3 is 6.03 Å². The second-order valence-electron chi connectivity index (χ2n) is 7.07. The first-order chi connectivity index (χ1) is 14.5. The van der Waals surface area contributed by atoms with Crippen LogP contribution < -0.4 is 20.3 Å². The molecule has 1 saturated heterocycles. The highest BCUT2D eigenvalue weighted by Gasteiger charge is 2.17. The minimum atomic E-state index is -0.472. The Hall–Kier alpha value is -3.33. The number of carbonyl (C=O) groups excluding carboxylic acids is 1. The normalized spacial score (nSPS) is 14.2. The fraction of sp³-hybridized carbons (Fsp3) is 0.381. The zero-order chi connectivity index (χ0) is 21.3. The number of methoxy groups -OCH3 is 1. The van der Waals surface area contributed by atoms with Crippen molar-refractivity contribution in [2.24, 2.45) is 0 Å². The van der Waals surface area contributed by atoms with Gasteiger partial charge in [-0.05, 0) is 49.4 Å². The van der Waals surface area contributed by atoms with Crippen molar-refractivity contribution < 1.29 is 14.5 Å². The van der Waals surface area contributed by atoms with Gasteiger partial charge < -0.3 is 20.3 Å². The zero-order valence-electron chi connectivity index (χ0n) is 17.0. The van der Waals surface area contributed by atoms with Crippen molar-refractivity contribution in [3.63, 3.8) is 0 Å². The molecule has 160 valence electrons. The van der Waals surface area contributed by atoms with Crippen molar-refractivity contribution >= 4 is 23.1 Å². The maximum atomic E-state index is 11.9. The summed E-state index contributed by atoms with van der Waals surface area (Å²) in [5.41, 5.74) is 1.72. The lowest BCUT2D eigenvalue weighted by atomic mass is 10.2. The van der Waals surface area contributed by atoms with Crippen LogP contribution in [0.5, 0.6) is 5.75 Å². The maximum absolute atomic E-state index is 11.9. The first kappa shape index (κ1) is 21.4. The van der Waals surface area contributed by atoms with E-state index < -0.39 is 4.92 Å². The molecule has 2 amide bonds. The van der Waals surface area contributed by atoms with Crippen molar-refractivity contribution in [1.82, 2.24) is 10.2 Å². The molecule has 9 heteroatoms. The SMILES string of the molecule is COc1ccc(N2CCN(CCCNC(=O)Nc3ccc([N+](=O)[O-])cc3)CC2)cc1. The number of rotatable bonds is 8. The fourth-order valence-electron chi connectivity index (χ4n) is 3.37. The van der Waals surface area contributed by atoms with E-state index in [9.17, 15) is 14.9 Å². The molecule has 2 N–H and O–H groups in total. The van der Waals surface area contributed by atoms with Crippen molar-refractivity contribution in [3.8, 4) is 5.75 Å². The summed E-state index contributed by atoms with van der Waals surface area (Å²) in [6.07, 6.45) is 0.857. The molecule has 0 saturated carbocycles. The third kappa shape index (κ3) is 6.08. The molecule has 0 aliphatic carbocycles. The molecule has 1 aliphatic heterocycles. The highest BCUT2D eigenvalue weighted by molar-refractivity contribution is 5.89. The maximum Gasteiger partial charge on any atom is 0.319 e. The summed E-state index contributed by atoms with van der Waals surface area (Å²) in [6, 6.07) is 13.6. The van der Waals surface area contributed by atoms with Gasteiger partial charge in [-0.3, -0.25) is 15.0 Å². The summed E-state index contributed by atoms with van der Waals surface area (Å²) in [7, 11) is 1.67. The molecular weight excluding hydrogens is 386 g/mol. The average Bonchev–Trinajstić information content (AvgIpc) is 2.77. The fourth-order valence-corrected chi connectivity index (χ4v) is 3.37. The Morgan fingerprint density at radius 1 is 1.07 bits per heavy atom. The van der Waals surface area contributed by atoms with Gasteiger partial charge in [-0.15, -0.1) is 0 Å². The van der Waals surface area contributed by atoms with E-state index in [2.05, 4.69) is 32.6 Å². The molecule has 0 atom stereocenters. The topological polar surface area (TPSA) is 100.0 Å². The predicted octanol–water partition coefficient (Wildman–Crippen LogP) is 2.94. The Bertz CT molecular complexity index is 833. The van der Waals surface area contributed by atoms with Gasteiger partial charge in [-0.25, -0.2) is 4.79 Å². The number of nitro benzene ring substituents is 1. The number of nitrogens with one attached hydrogen (secondary N) is 2. The van der Waals surface area contributed by atoms with Crippen molar-refractivity contribution in [3.05, 3.63) is 58.6 Å². The number of non-ortho nitro benzene ring substituents is 1. The van der Waals surface area contributed by atoms with Crippen LogP contribution in [0.25, 0.3) is 0 Å². The molecule has 2 aromatic carbocycles. The predicted molar refractivity (Wildman–Crippen MR) is 116 cm³/mol. The van der Waals surface area contributed by atoms with Gasteiger partial charge in [0.15, 0.2) is 0 Å². The second-order valence-corrected chi connectivity index (χ2v) is 7.07. The van der Waals surface area contributed by atoms with Crippen LogP contribution in [-0.2, 0) is 0 Å². The highest BCUT2D eigenvalue weighted by Crippen LogP contribution is 2.20. The van der Waals surface area contributed by atoms with Gasteiger partial charge in [0.25, 0.3) is 5.69 Å². The van der Waals surface area contributed by atoms with Gasteiger partial charge in [0.2, 0.25) is 0 Å². The summed E-state index contributed by atoms with van der Waals surface area (Å²) < 4.78 is 5.21. The number of nitro groups is 1. The van der Waals surface area contributed by atoms with Crippen molar-refractivity contribution in [1.29, 1.82) is 0 Å². The third-order valence-electron chi connectivity index (χ3n) is 5.08. The van der Waals surface area contributed by atoms with E-state index in [0.29, 0.717) is 12.2 Å². The van der Waals surface area contributed by atoms with Crippen molar-refractivity contribution in [2.45, 2.75) is 6.42 Å². The number of amides is 2. The molecule has 0 bridgehead atoms. The molecule has 0 unspecified atom stereocenters. The van der Waals surface area contributed by atoms with Crippen LogP contribution in [-0.4, -0.2) is 62.2 Å². The van der Waals surface area contributed by atoms with E-state index in [-0.39, 0.29) is 11.7 Å². The Morgan fingerprint density at radius 2 is 1.73 bits per heavy atom. The van der Waals surface area contributed by atoms with Crippen molar-refractivity contribution in [2.75, 3.05) is 56.6 Å². The number of hydrogen-bond acceptors (Lipinski definition) is 6. The number of urea groups is 1. The number of piperazine rings is 1. The standard InChI is InChI=1S/C21H27N5O4/c1-30-20-9-7-18(8-10-20)25-15-13-24(14-16-25)12-2-11-22-21(27)23-17-3-5-19(6-4-17)26(28)29/h3-10H,2,11-16H2,1H3,(H2,22,23,27). The molecule has 1 aliphatic rings. The summed E-state index contributed by atoms with van der Waals surface area (Å²) >= 11 is 0. The number of hydrogen-bond donors (Lipinski definition) is 2. The molecule has 0 radical (unpaired) electrons. The lowest BCUT2D eigenvalue weighted by Crippen LogP contribution is -2.47. The van der Waals surface area contributed by atoms with Crippen LogP contribution in [0.15, 0.2) is 48.5 Å². The monoisotopic (exact) mass is 413 g/mol. The number of ether oxygens (including phenoxy) is 1. The molecule has 0 spiro atoms. The van der Waals surface area contributed by atoms with Gasteiger partial charge in [-0.1, -0.05) is 0 Å². The van der Waals surface area contributed by atoms with Gasteiger partial charge in [0.1, 0.15) is 5.75 Å². The Balaban J connectivity index is 1.31. The largest absolute Gasteiger partial charge is 0.497 e. The summed E-state index contributed by atoms with van der Waals surface area (Å²) in [5, 5.41) is 16.1. The molecule has 1 heterocycles. The molecule has 9 nitrogen and oxygen atoms in total. The van der Waals surface area contributed by atoms with E-state index in [1.165, 1.54) is 30.0 Å². The van der Waals surface area contributed by atoms with Crippen LogP contribution in [0.2, 0.25) is 0 Å². The van der Waals surface area contributed by atoms with Crippen LogP contribution in [0, 0.1) is 10.1 Å². The minimum Gasteiger partial charge on any atom is -0.497 e. The number of anilines is 2. The van der Waals surface area contributed by atoms with Crippen LogP contribution in [0.3, 0.4) is 0 Å². The molecule has 1 fully saturated rings. The molecule has 0 aromatic heterocycles. The number of benzene rings is 2. The lowest BCUT2D eigenvalue weighted by molar-refractivity contribution is -0.384. The first-order valence-electron chi connectivity index (χ1n) is 9.96.